The Balaban J connectivity index is 1.78. The molecule has 5 heteroatoms. The van der Waals surface area contributed by atoms with Crippen LogP contribution >= 0.6 is 11.3 Å². The highest BCUT2D eigenvalue weighted by Gasteiger charge is 2.07. The minimum atomic E-state index is 0.306. The summed E-state index contributed by atoms with van der Waals surface area (Å²) < 4.78 is 1.92. The van der Waals surface area contributed by atoms with Crippen LogP contribution in [0, 0.1) is 6.92 Å². The number of aryl methyl sites for hydroxylation is 1. The smallest absolute Gasteiger partial charge is 0.0898 e. The van der Waals surface area contributed by atoms with Crippen molar-refractivity contribution in [1.82, 2.24) is 20.1 Å². The third-order valence-corrected chi connectivity index (χ3v) is 3.22. The van der Waals surface area contributed by atoms with E-state index in [1.165, 1.54) is 0 Å². The Morgan fingerprint density at radius 2 is 2.44 bits per heavy atom. The molecule has 1 N–H and O–H groups in total. The molecule has 0 aliphatic carbocycles. The second kappa shape index (κ2) is 5.23. The third kappa shape index (κ3) is 2.90. The second-order valence-corrected chi connectivity index (χ2v) is 4.80. The van der Waals surface area contributed by atoms with Gasteiger partial charge >= 0.3 is 0 Å². The summed E-state index contributed by atoms with van der Waals surface area (Å²) in [6, 6.07) is 2.24. The standard InChI is InChI=1S/C11H16N4S/c1-9(11-8-16-10(2)14-11)12-5-7-15-6-3-4-13-15/h3-4,6,8-9,12H,5,7H2,1-2H3. The first kappa shape index (κ1) is 11.3. The molecule has 16 heavy (non-hydrogen) atoms. The number of thiazole rings is 1. The van der Waals surface area contributed by atoms with Gasteiger partial charge in [0.05, 0.1) is 17.2 Å². The highest BCUT2D eigenvalue weighted by Crippen LogP contribution is 2.15. The fourth-order valence-electron chi connectivity index (χ4n) is 1.51. The largest absolute Gasteiger partial charge is 0.307 e. The predicted molar refractivity (Wildman–Crippen MR) is 65.5 cm³/mol. The normalized spacial score (nSPS) is 12.9. The van der Waals surface area contributed by atoms with Gasteiger partial charge in [-0.2, -0.15) is 5.10 Å². The third-order valence-electron chi connectivity index (χ3n) is 2.43. The van der Waals surface area contributed by atoms with Gasteiger partial charge in [0, 0.05) is 30.4 Å². The molecule has 0 aliphatic rings. The molecule has 0 amide bonds. The number of nitrogens with zero attached hydrogens (tertiary/aromatic N) is 3. The summed E-state index contributed by atoms with van der Waals surface area (Å²) in [5.41, 5.74) is 1.13. The van der Waals surface area contributed by atoms with Crippen molar-refractivity contribution in [2.24, 2.45) is 0 Å². The molecule has 0 bridgehead atoms. The monoisotopic (exact) mass is 236 g/mol. The van der Waals surface area contributed by atoms with Crippen molar-refractivity contribution in [3.8, 4) is 0 Å². The molecule has 0 saturated heterocycles. The first-order chi connectivity index (χ1) is 7.75. The first-order valence-electron chi connectivity index (χ1n) is 5.38. The number of rotatable bonds is 5. The van der Waals surface area contributed by atoms with Gasteiger partial charge in [0.1, 0.15) is 0 Å². The molecular formula is C11H16N4S. The SMILES string of the molecule is Cc1nc(C(C)NCCn2cccn2)cs1. The Kier molecular flexibility index (Phi) is 3.69. The van der Waals surface area contributed by atoms with E-state index in [0.29, 0.717) is 6.04 Å². The van der Waals surface area contributed by atoms with Gasteiger partial charge in [-0.25, -0.2) is 4.98 Å². The highest BCUT2D eigenvalue weighted by molar-refractivity contribution is 7.09. The molecule has 1 unspecified atom stereocenters. The van der Waals surface area contributed by atoms with E-state index in [0.717, 1.165) is 23.8 Å². The second-order valence-electron chi connectivity index (χ2n) is 3.74. The summed E-state index contributed by atoms with van der Waals surface area (Å²) in [5.74, 6) is 0. The van der Waals surface area contributed by atoms with Gasteiger partial charge < -0.3 is 5.32 Å². The van der Waals surface area contributed by atoms with Crippen LogP contribution in [-0.4, -0.2) is 21.3 Å². The first-order valence-corrected chi connectivity index (χ1v) is 6.26. The summed E-state index contributed by atoms with van der Waals surface area (Å²) in [6.07, 6.45) is 3.77. The quantitative estimate of drug-likeness (QED) is 0.863. The van der Waals surface area contributed by atoms with Crippen LogP contribution in [-0.2, 0) is 6.54 Å². The zero-order valence-electron chi connectivity index (χ0n) is 9.55. The van der Waals surface area contributed by atoms with E-state index < -0.39 is 0 Å². The highest BCUT2D eigenvalue weighted by atomic mass is 32.1. The lowest BCUT2D eigenvalue weighted by Crippen LogP contribution is -2.23. The summed E-state index contributed by atoms with van der Waals surface area (Å²) in [7, 11) is 0. The molecule has 0 aromatic carbocycles. The number of nitrogens with one attached hydrogen (secondary N) is 1. The van der Waals surface area contributed by atoms with Crippen molar-refractivity contribution < 1.29 is 0 Å². The molecule has 86 valence electrons. The molecule has 0 radical (unpaired) electrons. The molecule has 2 aromatic heterocycles. The topological polar surface area (TPSA) is 42.7 Å². The van der Waals surface area contributed by atoms with E-state index in [2.05, 4.69) is 27.7 Å². The van der Waals surface area contributed by atoms with E-state index >= 15 is 0 Å². The van der Waals surface area contributed by atoms with Gasteiger partial charge in [0.25, 0.3) is 0 Å². The van der Waals surface area contributed by atoms with Gasteiger partial charge in [-0.1, -0.05) is 0 Å². The van der Waals surface area contributed by atoms with E-state index in [-0.39, 0.29) is 0 Å². The summed E-state index contributed by atoms with van der Waals surface area (Å²) >= 11 is 1.70. The lowest BCUT2D eigenvalue weighted by atomic mass is 10.2. The molecule has 0 saturated carbocycles. The molecule has 1 atom stereocenters. The van der Waals surface area contributed by atoms with Crippen LogP contribution in [0.3, 0.4) is 0 Å². The number of hydrogen-bond acceptors (Lipinski definition) is 4. The molecule has 0 fully saturated rings. The minimum absolute atomic E-state index is 0.306. The summed E-state index contributed by atoms with van der Waals surface area (Å²) in [5, 5.41) is 10.8. The number of hydrogen-bond donors (Lipinski definition) is 1. The van der Waals surface area contributed by atoms with Crippen molar-refractivity contribution in [2.45, 2.75) is 26.4 Å². The zero-order valence-corrected chi connectivity index (χ0v) is 10.4. The van der Waals surface area contributed by atoms with Crippen LogP contribution in [0.2, 0.25) is 0 Å². The van der Waals surface area contributed by atoms with Crippen molar-refractivity contribution in [2.75, 3.05) is 6.54 Å². The average molecular weight is 236 g/mol. The fraction of sp³-hybridized carbons (Fsp3) is 0.455. The number of aromatic nitrogens is 3. The average Bonchev–Trinajstić information content (AvgIpc) is 2.89. The van der Waals surface area contributed by atoms with Crippen LogP contribution in [0.15, 0.2) is 23.8 Å². The summed E-state index contributed by atoms with van der Waals surface area (Å²) in [4.78, 5) is 4.46. The van der Waals surface area contributed by atoms with E-state index in [1.54, 1.807) is 17.5 Å². The van der Waals surface area contributed by atoms with Gasteiger partial charge in [-0.05, 0) is 19.9 Å². The molecule has 0 spiro atoms. The Labute approximate surface area is 99.3 Å². The molecule has 0 aliphatic heterocycles. The van der Waals surface area contributed by atoms with Gasteiger partial charge in [-0.3, -0.25) is 4.68 Å². The molecule has 2 rings (SSSR count). The Morgan fingerprint density at radius 1 is 1.56 bits per heavy atom. The van der Waals surface area contributed by atoms with Crippen LogP contribution in [0.4, 0.5) is 0 Å². The Morgan fingerprint density at radius 3 is 3.06 bits per heavy atom. The molecule has 4 nitrogen and oxygen atoms in total. The van der Waals surface area contributed by atoms with E-state index in [4.69, 9.17) is 0 Å². The molecular weight excluding hydrogens is 220 g/mol. The van der Waals surface area contributed by atoms with Crippen LogP contribution in [0.5, 0.6) is 0 Å². The van der Waals surface area contributed by atoms with Crippen LogP contribution in [0.25, 0.3) is 0 Å². The van der Waals surface area contributed by atoms with Crippen molar-refractivity contribution >= 4 is 11.3 Å². The van der Waals surface area contributed by atoms with E-state index in [1.807, 2.05) is 23.9 Å². The van der Waals surface area contributed by atoms with Gasteiger partial charge in [-0.15, -0.1) is 11.3 Å². The molecule has 2 aromatic rings. The Hall–Kier alpha value is -1.20. The Bertz CT molecular complexity index is 421. The van der Waals surface area contributed by atoms with Gasteiger partial charge in [0.15, 0.2) is 0 Å². The van der Waals surface area contributed by atoms with Crippen molar-refractivity contribution in [3.63, 3.8) is 0 Å². The maximum Gasteiger partial charge on any atom is 0.0898 e. The van der Waals surface area contributed by atoms with Crippen LogP contribution in [0.1, 0.15) is 23.7 Å². The lowest BCUT2D eigenvalue weighted by molar-refractivity contribution is 0.502. The maximum atomic E-state index is 4.46. The predicted octanol–water partition coefficient (Wildman–Crippen LogP) is 2.00. The summed E-state index contributed by atoms with van der Waals surface area (Å²) in [6.45, 7) is 5.96. The van der Waals surface area contributed by atoms with Crippen LogP contribution < -0.4 is 5.32 Å². The zero-order chi connectivity index (χ0) is 11.4. The minimum Gasteiger partial charge on any atom is -0.307 e. The van der Waals surface area contributed by atoms with Gasteiger partial charge in [0.2, 0.25) is 0 Å². The van der Waals surface area contributed by atoms with Crippen molar-refractivity contribution in [1.29, 1.82) is 0 Å². The maximum absolute atomic E-state index is 4.46. The molecule has 2 heterocycles. The van der Waals surface area contributed by atoms with Crippen molar-refractivity contribution in [3.05, 3.63) is 34.5 Å². The lowest BCUT2D eigenvalue weighted by Gasteiger charge is -2.11. The van der Waals surface area contributed by atoms with E-state index in [9.17, 15) is 0 Å². The fourth-order valence-corrected chi connectivity index (χ4v) is 2.22.